The molecule has 1 heterocycles. The second-order valence-electron chi connectivity index (χ2n) is 2.23. The number of hydrogen-bond donors (Lipinski definition) is 1. The van der Waals surface area contributed by atoms with E-state index in [-0.39, 0.29) is 0 Å². The van der Waals surface area contributed by atoms with Crippen LogP contribution in [0.2, 0.25) is 0 Å². The Kier molecular flexibility index (Phi) is 2.38. The van der Waals surface area contributed by atoms with E-state index in [2.05, 4.69) is 31.6 Å². The number of aryl methyl sites for hydroxylation is 1. The molecule has 0 fully saturated rings. The van der Waals surface area contributed by atoms with Gasteiger partial charge >= 0.3 is 0 Å². The Morgan fingerprint density at radius 2 is 2.40 bits per heavy atom. The van der Waals surface area contributed by atoms with E-state index < -0.39 is 0 Å². The fourth-order valence-electron chi connectivity index (χ4n) is 0.959. The third-order valence-corrected chi connectivity index (χ3v) is 2.02. The van der Waals surface area contributed by atoms with Crippen molar-refractivity contribution in [1.82, 2.24) is 9.78 Å². The highest BCUT2D eigenvalue weighted by Crippen LogP contribution is 2.08. The van der Waals surface area contributed by atoms with Gasteiger partial charge in [-0.3, -0.25) is 4.68 Å². The van der Waals surface area contributed by atoms with Crippen molar-refractivity contribution >= 4 is 12.6 Å². The normalized spacial score (nSPS) is 10.3. The summed E-state index contributed by atoms with van der Waals surface area (Å²) in [7, 11) is 0. The van der Waals surface area contributed by atoms with Crippen LogP contribution in [0.5, 0.6) is 0 Å². The Hall–Kier alpha value is -0.440. The number of aromatic nitrogens is 2. The van der Waals surface area contributed by atoms with Crippen LogP contribution < -0.4 is 0 Å². The van der Waals surface area contributed by atoms with Crippen LogP contribution in [0.4, 0.5) is 0 Å². The van der Waals surface area contributed by atoms with Crippen LogP contribution >= 0.6 is 12.6 Å². The van der Waals surface area contributed by atoms with Gasteiger partial charge in [0, 0.05) is 23.6 Å². The number of nitrogens with zero attached hydrogens (tertiary/aromatic N) is 2. The molecular weight excluding hydrogens is 144 g/mol. The molecule has 1 aromatic heterocycles. The summed E-state index contributed by atoms with van der Waals surface area (Å²) in [5.41, 5.74) is 2.46. The van der Waals surface area contributed by atoms with Gasteiger partial charge < -0.3 is 0 Å². The minimum Gasteiger partial charge on any atom is -0.270 e. The zero-order valence-corrected chi connectivity index (χ0v) is 7.23. The molecule has 0 aliphatic rings. The molecule has 1 rings (SSSR count). The molecule has 0 spiro atoms. The first-order valence-electron chi connectivity index (χ1n) is 3.41. The second-order valence-corrected chi connectivity index (χ2v) is 2.55. The van der Waals surface area contributed by atoms with Gasteiger partial charge in [-0.1, -0.05) is 0 Å². The number of hydrogen-bond acceptors (Lipinski definition) is 2. The highest BCUT2D eigenvalue weighted by molar-refractivity contribution is 7.79. The van der Waals surface area contributed by atoms with E-state index in [1.807, 2.05) is 10.9 Å². The predicted molar refractivity (Wildman–Crippen MR) is 45.3 cm³/mol. The molecular formula is C7H12N2S. The van der Waals surface area contributed by atoms with Gasteiger partial charge in [0.15, 0.2) is 0 Å². The highest BCUT2D eigenvalue weighted by Gasteiger charge is 2.00. The Morgan fingerprint density at radius 1 is 1.70 bits per heavy atom. The van der Waals surface area contributed by atoms with Crippen LogP contribution in [0, 0.1) is 6.92 Å². The fourth-order valence-corrected chi connectivity index (χ4v) is 1.27. The van der Waals surface area contributed by atoms with Crippen molar-refractivity contribution in [2.45, 2.75) is 26.1 Å². The summed E-state index contributed by atoms with van der Waals surface area (Å²) in [5, 5.41) is 4.17. The Morgan fingerprint density at radius 3 is 2.70 bits per heavy atom. The molecule has 0 atom stereocenters. The van der Waals surface area contributed by atoms with Crippen LogP contribution in [0.1, 0.15) is 18.2 Å². The lowest BCUT2D eigenvalue weighted by atomic mass is 10.3. The minimum absolute atomic E-state index is 0.784. The largest absolute Gasteiger partial charge is 0.270 e. The van der Waals surface area contributed by atoms with Gasteiger partial charge in [0.2, 0.25) is 0 Å². The summed E-state index contributed by atoms with van der Waals surface area (Å²) in [6.45, 7) is 5.10. The molecule has 0 N–H and O–H groups in total. The summed E-state index contributed by atoms with van der Waals surface area (Å²) < 4.78 is 1.98. The lowest BCUT2D eigenvalue weighted by Crippen LogP contribution is -1.98. The van der Waals surface area contributed by atoms with Gasteiger partial charge in [-0.25, -0.2) is 0 Å². The highest BCUT2D eigenvalue weighted by atomic mass is 32.1. The molecule has 0 bridgehead atoms. The van der Waals surface area contributed by atoms with E-state index in [9.17, 15) is 0 Å². The Bertz CT molecular complexity index is 196. The molecule has 2 nitrogen and oxygen atoms in total. The van der Waals surface area contributed by atoms with E-state index in [0.29, 0.717) is 0 Å². The average Bonchev–Trinajstić information content (AvgIpc) is 2.30. The maximum atomic E-state index is 4.18. The van der Waals surface area contributed by atoms with Crippen LogP contribution in [0.15, 0.2) is 6.20 Å². The molecule has 0 aliphatic heterocycles. The molecule has 3 heteroatoms. The molecule has 0 aliphatic carbocycles. The van der Waals surface area contributed by atoms with Crippen molar-refractivity contribution in [2.75, 3.05) is 0 Å². The van der Waals surface area contributed by atoms with Crippen molar-refractivity contribution < 1.29 is 0 Å². The van der Waals surface area contributed by atoms with Gasteiger partial charge in [0.05, 0.1) is 6.20 Å². The van der Waals surface area contributed by atoms with Crippen molar-refractivity contribution in [3.8, 4) is 0 Å². The minimum atomic E-state index is 0.784. The fraction of sp³-hybridized carbons (Fsp3) is 0.571. The van der Waals surface area contributed by atoms with E-state index in [1.54, 1.807) is 0 Å². The quantitative estimate of drug-likeness (QED) is 0.644. The first kappa shape index (κ1) is 7.66. The van der Waals surface area contributed by atoms with Crippen molar-refractivity contribution in [1.29, 1.82) is 0 Å². The SMILES string of the molecule is CCn1ncc(CS)c1C. The van der Waals surface area contributed by atoms with Gasteiger partial charge in [-0.2, -0.15) is 17.7 Å². The van der Waals surface area contributed by atoms with Gasteiger partial charge in [0.1, 0.15) is 0 Å². The monoisotopic (exact) mass is 156 g/mol. The molecule has 10 heavy (non-hydrogen) atoms. The van der Waals surface area contributed by atoms with Crippen LogP contribution in [0.25, 0.3) is 0 Å². The molecule has 0 aromatic carbocycles. The Labute approximate surface area is 66.7 Å². The molecule has 0 saturated carbocycles. The van der Waals surface area contributed by atoms with Gasteiger partial charge in [-0.15, -0.1) is 0 Å². The van der Waals surface area contributed by atoms with E-state index in [0.717, 1.165) is 12.3 Å². The van der Waals surface area contributed by atoms with Crippen molar-refractivity contribution in [2.24, 2.45) is 0 Å². The molecule has 0 amide bonds. The smallest absolute Gasteiger partial charge is 0.0532 e. The molecule has 0 unspecified atom stereocenters. The Balaban J connectivity index is 2.97. The van der Waals surface area contributed by atoms with Gasteiger partial charge in [-0.05, 0) is 13.8 Å². The standard InChI is InChI=1S/C7H12N2S/c1-3-9-6(2)7(5-10)4-8-9/h4,10H,3,5H2,1-2H3. The molecule has 0 saturated heterocycles. The summed E-state index contributed by atoms with van der Waals surface area (Å²) in [4.78, 5) is 0. The summed E-state index contributed by atoms with van der Waals surface area (Å²) >= 11 is 4.18. The van der Waals surface area contributed by atoms with Crippen LogP contribution in [-0.2, 0) is 12.3 Å². The lowest BCUT2D eigenvalue weighted by molar-refractivity contribution is 0.639. The maximum Gasteiger partial charge on any atom is 0.0532 e. The van der Waals surface area contributed by atoms with E-state index in [4.69, 9.17) is 0 Å². The average molecular weight is 156 g/mol. The molecule has 56 valence electrons. The predicted octanol–water partition coefficient (Wildman–Crippen LogP) is 1.64. The van der Waals surface area contributed by atoms with E-state index in [1.165, 1.54) is 11.3 Å². The van der Waals surface area contributed by atoms with Crippen molar-refractivity contribution in [3.05, 3.63) is 17.5 Å². The topological polar surface area (TPSA) is 17.8 Å². The first-order chi connectivity index (χ1) is 4.79. The maximum absolute atomic E-state index is 4.18. The summed E-state index contributed by atoms with van der Waals surface area (Å²) in [5.74, 6) is 0.784. The summed E-state index contributed by atoms with van der Waals surface area (Å²) in [6, 6.07) is 0. The summed E-state index contributed by atoms with van der Waals surface area (Å²) in [6.07, 6.45) is 1.88. The van der Waals surface area contributed by atoms with Crippen LogP contribution in [-0.4, -0.2) is 9.78 Å². The lowest BCUT2D eigenvalue weighted by Gasteiger charge is -1.98. The van der Waals surface area contributed by atoms with Crippen molar-refractivity contribution in [3.63, 3.8) is 0 Å². The number of thiol groups is 1. The zero-order chi connectivity index (χ0) is 7.56. The number of rotatable bonds is 2. The zero-order valence-electron chi connectivity index (χ0n) is 6.33. The van der Waals surface area contributed by atoms with E-state index >= 15 is 0 Å². The molecule has 0 radical (unpaired) electrons. The third kappa shape index (κ3) is 1.19. The molecule has 1 aromatic rings. The van der Waals surface area contributed by atoms with Gasteiger partial charge in [0.25, 0.3) is 0 Å². The third-order valence-electron chi connectivity index (χ3n) is 1.67. The first-order valence-corrected chi connectivity index (χ1v) is 4.05. The van der Waals surface area contributed by atoms with Crippen LogP contribution in [0.3, 0.4) is 0 Å². The second kappa shape index (κ2) is 3.10.